The molecule has 3 rings (SSSR count). The van der Waals surface area contributed by atoms with Gasteiger partial charge in [0.25, 0.3) is 0 Å². The zero-order chi connectivity index (χ0) is 15.4. The van der Waals surface area contributed by atoms with Gasteiger partial charge in [-0.2, -0.15) is 0 Å². The van der Waals surface area contributed by atoms with E-state index in [9.17, 15) is 9.59 Å². The first-order valence-corrected chi connectivity index (χ1v) is 8.60. The molecule has 2 heterocycles. The number of ether oxygens (including phenoxy) is 1. The fraction of sp³-hybridized carbons (Fsp3) is 0.875. The summed E-state index contributed by atoms with van der Waals surface area (Å²) in [6.45, 7) is 4.70. The van der Waals surface area contributed by atoms with Crippen molar-refractivity contribution in [2.24, 2.45) is 5.92 Å². The summed E-state index contributed by atoms with van der Waals surface area (Å²) in [7, 11) is 0. The van der Waals surface area contributed by atoms with Gasteiger partial charge < -0.3 is 15.0 Å². The highest BCUT2D eigenvalue weighted by Crippen LogP contribution is 2.20. The Hall–Kier alpha value is -1.14. The first-order chi connectivity index (χ1) is 10.7. The molecule has 3 fully saturated rings. The molecule has 22 heavy (non-hydrogen) atoms. The summed E-state index contributed by atoms with van der Waals surface area (Å²) in [6, 6.07) is 0.376. The first kappa shape index (κ1) is 15.7. The number of amides is 2. The summed E-state index contributed by atoms with van der Waals surface area (Å²) in [6.07, 6.45) is 5.55. The highest BCUT2D eigenvalue weighted by molar-refractivity contribution is 5.80. The van der Waals surface area contributed by atoms with Gasteiger partial charge >= 0.3 is 0 Å². The van der Waals surface area contributed by atoms with Crippen LogP contribution in [0.25, 0.3) is 0 Å². The van der Waals surface area contributed by atoms with Crippen LogP contribution in [0.2, 0.25) is 0 Å². The van der Waals surface area contributed by atoms with Crippen LogP contribution in [0.1, 0.15) is 32.1 Å². The Bertz CT molecular complexity index is 403. The van der Waals surface area contributed by atoms with Gasteiger partial charge in [0.1, 0.15) is 0 Å². The minimum absolute atomic E-state index is 0.0531. The van der Waals surface area contributed by atoms with E-state index in [2.05, 4.69) is 10.2 Å². The summed E-state index contributed by atoms with van der Waals surface area (Å²) >= 11 is 0. The monoisotopic (exact) mass is 309 g/mol. The van der Waals surface area contributed by atoms with Crippen molar-refractivity contribution in [1.82, 2.24) is 15.1 Å². The molecular formula is C16H27N3O3. The summed E-state index contributed by atoms with van der Waals surface area (Å²) in [5, 5.41) is 3.12. The molecule has 124 valence electrons. The first-order valence-electron chi connectivity index (χ1n) is 8.60. The highest BCUT2D eigenvalue weighted by atomic mass is 16.5. The second-order valence-electron chi connectivity index (χ2n) is 6.71. The Morgan fingerprint density at radius 1 is 1.05 bits per heavy atom. The summed E-state index contributed by atoms with van der Waals surface area (Å²) in [4.78, 5) is 28.6. The third-order valence-electron chi connectivity index (χ3n) is 5.03. The van der Waals surface area contributed by atoms with Crippen LogP contribution in [0.4, 0.5) is 0 Å². The minimum Gasteiger partial charge on any atom is -0.378 e. The SMILES string of the molecule is O=C(CN1CCC(C(=O)N2CCOCC2)C1)NC1CCCC1. The molecule has 6 heteroatoms. The number of morpholine rings is 1. The number of rotatable bonds is 4. The Balaban J connectivity index is 1.41. The van der Waals surface area contributed by atoms with E-state index in [1.165, 1.54) is 12.8 Å². The van der Waals surface area contributed by atoms with E-state index >= 15 is 0 Å². The minimum atomic E-state index is 0.0531. The lowest BCUT2D eigenvalue weighted by Gasteiger charge is -2.29. The van der Waals surface area contributed by atoms with E-state index in [1.807, 2.05) is 4.90 Å². The highest BCUT2D eigenvalue weighted by Gasteiger charge is 2.32. The number of hydrogen-bond donors (Lipinski definition) is 1. The molecule has 2 amide bonds. The fourth-order valence-electron chi connectivity index (χ4n) is 3.77. The van der Waals surface area contributed by atoms with E-state index < -0.39 is 0 Å². The Kier molecular flexibility index (Phi) is 5.31. The van der Waals surface area contributed by atoms with Crippen molar-refractivity contribution in [1.29, 1.82) is 0 Å². The fourth-order valence-corrected chi connectivity index (χ4v) is 3.77. The smallest absolute Gasteiger partial charge is 0.234 e. The van der Waals surface area contributed by atoms with Gasteiger partial charge in [-0.05, 0) is 25.8 Å². The van der Waals surface area contributed by atoms with Crippen LogP contribution in [-0.2, 0) is 14.3 Å². The quantitative estimate of drug-likeness (QED) is 0.807. The average Bonchev–Trinajstić information content (AvgIpc) is 3.19. The van der Waals surface area contributed by atoms with Crippen molar-refractivity contribution in [2.45, 2.75) is 38.1 Å². The second-order valence-corrected chi connectivity index (χ2v) is 6.71. The predicted molar refractivity (Wildman–Crippen MR) is 82.3 cm³/mol. The van der Waals surface area contributed by atoms with E-state index in [-0.39, 0.29) is 17.7 Å². The number of nitrogens with one attached hydrogen (secondary N) is 1. The second kappa shape index (κ2) is 7.42. The molecule has 1 N–H and O–H groups in total. The summed E-state index contributed by atoms with van der Waals surface area (Å²) in [5.41, 5.74) is 0. The normalized spacial score (nSPS) is 27.3. The molecule has 2 saturated heterocycles. The lowest BCUT2D eigenvalue weighted by molar-refractivity contribution is -0.139. The van der Waals surface area contributed by atoms with Crippen LogP contribution in [0, 0.1) is 5.92 Å². The van der Waals surface area contributed by atoms with Crippen LogP contribution in [0.5, 0.6) is 0 Å². The third kappa shape index (κ3) is 3.98. The molecule has 0 radical (unpaired) electrons. The maximum atomic E-state index is 12.5. The van der Waals surface area contributed by atoms with Gasteiger partial charge in [-0.25, -0.2) is 0 Å². The molecule has 3 aliphatic rings. The number of nitrogens with zero attached hydrogens (tertiary/aromatic N) is 2. The van der Waals surface area contributed by atoms with Gasteiger partial charge in [-0.15, -0.1) is 0 Å². The molecule has 1 aliphatic carbocycles. The molecule has 1 saturated carbocycles. The zero-order valence-corrected chi connectivity index (χ0v) is 13.3. The predicted octanol–water partition coefficient (Wildman–Crippen LogP) is 0.226. The van der Waals surface area contributed by atoms with Crippen LogP contribution < -0.4 is 5.32 Å². The van der Waals surface area contributed by atoms with E-state index in [0.717, 1.165) is 25.8 Å². The Morgan fingerprint density at radius 3 is 2.50 bits per heavy atom. The molecular weight excluding hydrogens is 282 g/mol. The Morgan fingerprint density at radius 2 is 1.77 bits per heavy atom. The van der Waals surface area contributed by atoms with Crippen molar-refractivity contribution >= 4 is 11.8 Å². The van der Waals surface area contributed by atoms with Crippen molar-refractivity contribution in [2.75, 3.05) is 45.9 Å². The molecule has 0 spiro atoms. The standard InChI is InChI=1S/C16H27N3O3/c20-15(17-14-3-1-2-4-14)12-18-6-5-13(11-18)16(21)19-7-9-22-10-8-19/h13-14H,1-12H2,(H,17,20). The van der Waals surface area contributed by atoms with Crippen molar-refractivity contribution in [3.63, 3.8) is 0 Å². The number of hydrogen-bond acceptors (Lipinski definition) is 4. The maximum Gasteiger partial charge on any atom is 0.234 e. The van der Waals surface area contributed by atoms with Gasteiger partial charge in [-0.1, -0.05) is 12.8 Å². The largest absolute Gasteiger partial charge is 0.378 e. The van der Waals surface area contributed by atoms with Gasteiger partial charge in [0.15, 0.2) is 0 Å². The summed E-state index contributed by atoms with van der Waals surface area (Å²) < 4.78 is 5.29. The Labute approximate surface area is 132 Å². The van der Waals surface area contributed by atoms with Crippen LogP contribution in [0.15, 0.2) is 0 Å². The van der Waals surface area contributed by atoms with Crippen molar-refractivity contribution in [3.8, 4) is 0 Å². The van der Waals surface area contributed by atoms with Gasteiger partial charge in [0.2, 0.25) is 11.8 Å². The van der Waals surface area contributed by atoms with E-state index in [4.69, 9.17) is 4.74 Å². The zero-order valence-electron chi connectivity index (χ0n) is 13.3. The molecule has 0 aromatic carbocycles. The number of carbonyl (C=O) groups excluding carboxylic acids is 2. The van der Waals surface area contributed by atoms with Crippen LogP contribution >= 0.6 is 0 Å². The van der Waals surface area contributed by atoms with Crippen molar-refractivity contribution in [3.05, 3.63) is 0 Å². The van der Waals surface area contributed by atoms with E-state index in [1.54, 1.807) is 0 Å². The molecule has 1 unspecified atom stereocenters. The topological polar surface area (TPSA) is 61.9 Å². The molecule has 6 nitrogen and oxygen atoms in total. The maximum absolute atomic E-state index is 12.5. The van der Waals surface area contributed by atoms with Gasteiger partial charge in [-0.3, -0.25) is 14.5 Å². The van der Waals surface area contributed by atoms with E-state index in [0.29, 0.717) is 45.4 Å². The molecule has 0 aromatic rings. The van der Waals surface area contributed by atoms with Gasteiger partial charge in [0.05, 0.1) is 25.7 Å². The van der Waals surface area contributed by atoms with Crippen LogP contribution in [-0.4, -0.2) is 73.6 Å². The lowest BCUT2D eigenvalue weighted by Crippen LogP contribution is -2.45. The van der Waals surface area contributed by atoms with Crippen molar-refractivity contribution < 1.29 is 14.3 Å². The number of likely N-dealkylation sites (tertiary alicyclic amines) is 1. The van der Waals surface area contributed by atoms with Crippen LogP contribution in [0.3, 0.4) is 0 Å². The summed E-state index contributed by atoms with van der Waals surface area (Å²) in [5.74, 6) is 0.408. The van der Waals surface area contributed by atoms with Gasteiger partial charge in [0, 0.05) is 25.7 Å². The number of carbonyl (C=O) groups is 2. The molecule has 0 aromatic heterocycles. The molecule has 2 aliphatic heterocycles. The average molecular weight is 309 g/mol. The molecule has 1 atom stereocenters. The third-order valence-corrected chi connectivity index (χ3v) is 5.03. The lowest BCUT2D eigenvalue weighted by atomic mass is 10.1. The molecule has 0 bridgehead atoms.